The summed E-state index contributed by atoms with van der Waals surface area (Å²) >= 11 is 0. The van der Waals surface area contributed by atoms with Crippen LogP contribution in [0.15, 0.2) is 5.11 Å². The van der Waals surface area contributed by atoms with Crippen molar-refractivity contribution in [2.24, 2.45) is 11.0 Å². The van der Waals surface area contributed by atoms with Crippen LogP contribution in [0.25, 0.3) is 10.4 Å². The average molecular weight is 699 g/mol. The number of nitrogens with zero attached hydrogens (tertiary/aromatic N) is 3. The number of carboxylic acids is 1. The van der Waals surface area contributed by atoms with Gasteiger partial charge in [-0.15, -0.1) is 0 Å². The molecule has 276 valence electrons. The Morgan fingerprint density at radius 3 is 2.23 bits per heavy atom. The number of nitrogens with one attached hydrogen (secondary N) is 1. The number of aliphatic hydroxyl groups excluding tert-OH is 8. The van der Waals surface area contributed by atoms with Crippen LogP contribution in [0.4, 0.5) is 0 Å². The summed E-state index contributed by atoms with van der Waals surface area (Å²) in [6, 6.07) is -1.23. The minimum absolute atomic E-state index is 0.0544. The molecule has 3 aliphatic rings. The van der Waals surface area contributed by atoms with E-state index < -0.39 is 129 Å². The summed E-state index contributed by atoms with van der Waals surface area (Å²) in [5.74, 6) is -6.05. The van der Waals surface area contributed by atoms with Gasteiger partial charge in [0.1, 0.15) is 48.8 Å². The van der Waals surface area contributed by atoms with Crippen molar-refractivity contribution in [2.45, 2.75) is 125 Å². The molecular formula is C27H46N4O17. The normalized spacial score (nSPS) is 41.5. The predicted molar refractivity (Wildman–Crippen MR) is 154 cm³/mol. The standard InChI is InChI=1S/C27H46N4O17/c1-10-13(36)7-27(26(41)42,47-21(10)16(11(2)34)30-12(3)35)48-23-17(37)14(8-32)44-25(20(23)40)46-22-15(9-33)45-24(19(39)18(22)38)43-6-4-5-29-31-28/h10-11,13-25,32-34,36-40H,4-9H2,1-3H3,(H,30,35)(H,41,42)/t10-,11-,13-,14?,15?,16-,17+,18-,19?,20?,21?,22-,23+,24-,25+,27+/m1/s1. The Balaban J connectivity index is 1.86. The Morgan fingerprint density at radius 2 is 1.67 bits per heavy atom. The zero-order valence-electron chi connectivity index (χ0n) is 26.5. The van der Waals surface area contributed by atoms with Crippen LogP contribution >= 0.6 is 0 Å². The maximum Gasteiger partial charge on any atom is 0.364 e. The Bertz CT molecular complexity index is 1110. The number of aliphatic hydroxyl groups is 8. The van der Waals surface area contributed by atoms with Crippen LogP contribution in [-0.2, 0) is 38.0 Å². The Labute approximate surface area is 274 Å². The molecule has 0 aromatic rings. The molecule has 3 fully saturated rings. The highest BCUT2D eigenvalue weighted by Gasteiger charge is 2.59. The SMILES string of the molecule is CC(=O)N[C@@H](C1O[C@@](O[C@@H]2C(O)[C@H](O[C@@H]3C(CO)O[C@@H](OCCCN=[N+]=[N-])C(O)[C@H]3O)OC(CO)[C@@H]2O)(C(=O)O)C[C@@H](O)[C@H]1C)[C@@H](C)O. The molecule has 3 saturated heterocycles. The van der Waals surface area contributed by atoms with E-state index >= 15 is 0 Å². The third kappa shape index (κ3) is 9.07. The fourth-order valence-corrected chi connectivity index (χ4v) is 5.85. The highest BCUT2D eigenvalue weighted by Crippen LogP contribution is 2.40. The number of azide groups is 1. The number of carboxylic acid groups (broad SMARTS) is 1. The zero-order chi connectivity index (χ0) is 35.9. The third-order valence-electron chi connectivity index (χ3n) is 8.51. The van der Waals surface area contributed by atoms with E-state index in [1.807, 2.05) is 0 Å². The van der Waals surface area contributed by atoms with Crippen LogP contribution < -0.4 is 5.32 Å². The monoisotopic (exact) mass is 698 g/mol. The number of hydrogen-bond donors (Lipinski definition) is 10. The van der Waals surface area contributed by atoms with Gasteiger partial charge in [-0.1, -0.05) is 12.0 Å². The van der Waals surface area contributed by atoms with E-state index in [4.69, 9.17) is 34.0 Å². The van der Waals surface area contributed by atoms with Crippen molar-refractivity contribution in [3.05, 3.63) is 10.4 Å². The van der Waals surface area contributed by atoms with E-state index in [1.54, 1.807) is 0 Å². The number of amides is 1. The van der Waals surface area contributed by atoms with Crippen LogP contribution in [0.3, 0.4) is 0 Å². The molecule has 1 amide bonds. The van der Waals surface area contributed by atoms with Crippen molar-refractivity contribution in [3.8, 4) is 0 Å². The number of rotatable bonds is 15. The number of ether oxygens (including phenoxy) is 6. The highest BCUT2D eigenvalue weighted by molar-refractivity contribution is 5.76. The number of aliphatic carboxylic acids is 1. The van der Waals surface area contributed by atoms with Gasteiger partial charge in [0.25, 0.3) is 5.79 Å². The van der Waals surface area contributed by atoms with Gasteiger partial charge >= 0.3 is 5.97 Å². The van der Waals surface area contributed by atoms with E-state index in [0.29, 0.717) is 0 Å². The van der Waals surface area contributed by atoms with Gasteiger partial charge in [-0.3, -0.25) is 4.79 Å². The van der Waals surface area contributed by atoms with Gasteiger partial charge < -0.3 is 79.7 Å². The lowest BCUT2D eigenvalue weighted by molar-refractivity contribution is -0.386. The molecule has 3 aliphatic heterocycles. The molecule has 0 aromatic heterocycles. The second-order valence-electron chi connectivity index (χ2n) is 12.0. The molecule has 21 heteroatoms. The first-order valence-electron chi connectivity index (χ1n) is 15.4. The van der Waals surface area contributed by atoms with Crippen molar-refractivity contribution in [3.63, 3.8) is 0 Å². The van der Waals surface area contributed by atoms with Gasteiger partial charge in [-0.05, 0) is 18.9 Å². The van der Waals surface area contributed by atoms with Crippen molar-refractivity contribution >= 4 is 11.9 Å². The second-order valence-corrected chi connectivity index (χ2v) is 12.0. The first-order chi connectivity index (χ1) is 22.6. The number of carbonyl (C=O) groups excluding carboxylic acids is 1. The van der Waals surface area contributed by atoms with E-state index in [-0.39, 0.29) is 19.6 Å². The first-order valence-corrected chi connectivity index (χ1v) is 15.4. The Morgan fingerprint density at radius 1 is 1.02 bits per heavy atom. The first kappa shape index (κ1) is 40.1. The molecule has 10 N–H and O–H groups in total. The fraction of sp³-hybridized carbons (Fsp3) is 0.926. The molecule has 0 aliphatic carbocycles. The molecule has 0 radical (unpaired) electrons. The van der Waals surface area contributed by atoms with E-state index in [2.05, 4.69) is 15.3 Å². The van der Waals surface area contributed by atoms with Gasteiger partial charge in [0.05, 0.1) is 37.6 Å². The Kier molecular flexibility index (Phi) is 14.7. The van der Waals surface area contributed by atoms with Crippen molar-refractivity contribution < 1.29 is 84.0 Å². The molecular weight excluding hydrogens is 652 g/mol. The topological polar surface area (TPSA) is 332 Å². The van der Waals surface area contributed by atoms with Crippen LogP contribution in [0.2, 0.25) is 0 Å². The molecule has 3 heterocycles. The fourth-order valence-electron chi connectivity index (χ4n) is 5.85. The minimum Gasteiger partial charge on any atom is -0.477 e. The van der Waals surface area contributed by atoms with Crippen LogP contribution in [-0.4, -0.2) is 176 Å². The molecule has 3 rings (SSSR count). The summed E-state index contributed by atoms with van der Waals surface area (Å²) in [7, 11) is 0. The maximum atomic E-state index is 12.7. The lowest BCUT2D eigenvalue weighted by atomic mass is 9.83. The second kappa shape index (κ2) is 17.6. The lowest BCUT2D eigenvalue weighted by Gasteiger charge is -2.50. The summed E-state index contributed by atoms with van der Waals surface area (Å²) in [6.45, 7) is 2.27. The molecule has 48 heavy (non-hydrogen) atoms. The van der Waals surface area contributed by atoms with Crippen LogP contribution in [0.5, 0.6) is 0 Å². The average Bonchev–Trinajstić information content (AvgIpc) is 3.03. The molecule has 0 aromatic carbocycles. The molecule has 16 atom stereocenters. The number of hydrogen-bond acceptors (Lipinski definition) is 17. The smallest absolute Gasteiger partial charge is 0.364 e. The van der Waals surface area contributed by atoms with Gasteiger partial charge in [-0.2, -0.15) is 0 Å². The molecule has 21 nitrogen and oxygen atoms in total. The maximum absolute atomic E-state index is 12.7. The lowest BCUT2D eigenvalue weighted by Crippen LogP contribution is -2.69. The molecule has 0 bridgehead atoms. The van der Waals surface area contributed by atoms with Gasteiger partial charge in [0.2, 0.25) is 5.91 Å². The highest BCUT2D eigenvalue weighted by atomic mass is 16.8. The summed E-state index contributed by atoms with van der Waals surface area (Å²) in [5.41, 5.74) is 8.37. The summed E-state index contributed by atoms with van der Waals surface area (Å²) < 4.78 is 33.7. The quantitative estimate of drug-likeness (QED) is 0.0335. The number of carbonyl (C=O) groups is 2. The Hall–Kier alpha value is -2.31. The third-order valence-corrected chi connectivity index (χ3v) is 8.51. The summed E-state index contributed by atoms with van der Waals surface area (Å²) in [4.78, 5) is 27.2. The largest absolute Gasteiger partial charge is 0.477 e. The van der Waals surface area contributed by atoms with E-state index in [1.165, 1.54) is 13.8 Å². The molecule has 0 spiro atoms. The van der Waals surface area contributed by atoms with Gasteiger partial charge in [-0.25, -0.2) is 4.79 Å². The molecule has 0 saturated carbocycles. The zero-order valence-corrected chi connectivity index (χ0v) is 26.5. The van der Waals surface area contributed by atoms with Gasteiger partial charge in [0.15, 0.2) is 12.6 Å². The van der Waals surface area contributed by atoms with Gasteiger partial charge in [0, 0.05) is 37.3 Å². The van der Waals surface area contributed by atoms with E-state index in [9.17, 15) is 55.5 Å². The minimum atomic E-state index is -2.79. The molecule has 5 unspecified atom stereocenters. The van der Waals surface area contributed by atoms with Crippen molar-refractivity contribution in [1.82, 2.24) is 5.32 Å². The van der Waals surface area contributed by atoms with Crippen LogP contribution in [0, 0.1) is 5.92 Å². The van der Waals surface area contributed by atoms with Crippen LogP contribution in [0.1, 0.15) is 33.6 Å². The summed E-state index contributed by atoms with van der Waals surface area (Å²) in [6.07, 6.45) is -22.2. The summed E-state index contributed by atoms with van der Waals surface area (Å²) in [5, 5.41) is 101. The van der Waals surface area contributed by atoms with Crippen molar-refractivity contribution in [1.29, 1.82) is 0 Å². The van der Waals surface area contributed by atoms with Crippen molar-refractivity contribution in [2.75, 3.05) is 26.4 Å². The predicted octanol–water partition coefficient (Wildman–Crippen LogP) is -4.20. The van der Waals surface area contributed by atoms with E-state index in [0.717, 1.165) is 6.92 Å².